The molecule has 0 aliphatic heterocycles. The van der Waals surface area contributed by atoms with Crippen LogP contribution >= 0.6 is 34.3 Å². The van der Waals surface area contributed by atoms with Crippen molar-refractivity contribution in [2.75, 3.05) is 5.32 Å². The zero-order valence-electron chi connectivity index (χ0n) is 12.7. The van der Waals surface area contributed by atoms with E-state index in [1.54, 1.807) is 6.07 Å². The fourth-order valence-electron chi connectivity index (χ4n) is 2.17. The highest BCUT2D eigenvalue weighted by Gasteiger charge is 2.18. The van der Waals surface area contributed by atoms with Crippen LogP contribution in [-0.4, -0.2) is 16.7 Å². The summed E-state index contributed by atoms with van der Waals surface area (Å²) in [5.74, 6) is -0.256. The molecule has 0 unspecified atom stereocenters. The van der Waals surface area contributed by atoms with E-state index in [4.69, 9.17) is 11.6 Å². The van der Waals surface area contributed by atoms with Crippen LogP contribution in [0.4, 0.5) is 5.13 Å². The molecule has 3 rings (SSSR count). The van der Waals surface area contributed by atoms with Gasteiger partial charge < -0.3 is 5.32 Å². The predicted octanol–water partition coefficient (Wildman–Crippen LogP) is 4.91. The molecule has 2 heterocycles. The number of Topliss-reactive ketones (excluding diaryl/α,β-unsaturated/α-hetero) is 1. The first-order chi connectivity index (χ1) is 11.5. The summed E-state index contributed by atoms with van der Waals surface area (Å²) in [7, 11) is 0. The zero-order valence-corrected chi connectivity index (χ0v) is 15.1. The Morgan fingerprint density at radius 2 is 1.88 bits per heavy atom. The summed E-state index contributed by atoms with van der Waals surface area (Å²) in [5, 5.41) is 3.19. The highest BCUT2D eigenvalue weighted by Crippen LogP contribution is 2.31. The van der Waals surface area contributed by atoms with Gasteiger partial charge in [-0.15, -0.1) is 11.3 Å². The molecule has 122 valence electrons. The molecule has 0 spiro atoms. The Labute approximate surface area is 152 Å². The maximum atomic E-state index is 12.2. The maximum Gasteiger partial charge on any atom is 0.231 e. The van der Waals surface area contributed by atoms with Crippen LogP contribution in [0.2, 0.25) is 4.34 Å². The minimum atomic E-state index is -0.183. The molecule has 0 atom stereocenters. The van der Waals surface area contributed by atoms with Crippen molar-refractivity contribution in [3.05, 3.63) is 56.6 Å². The number of carbonyl (C=O) groups excluding carboxylic acids is 2. The molecule has 0 fully saturated rings. The number of rotatable bonds is 5. The third-order valence-electron chi connectivity index (χ3n) is 3.20. The third-order valence-corrected chi connectivity index (χ3v) is 5.51. The first-order valence-corrected chi connectivity index (χ1v) is 9.15. The van der Waals surface area contributed by atoms with Gasteiger partial charge in [-0.2, -0.15) is 0 Å². The van der Waals surface area contributed by atoms with Crippen molar-refractivity contribution in [2.24, 2.45) is 0 Å². The molecule has 2 aromatic heterocycles. The normalized spacial score (nSPS) is 10.6. The lowest BCUT2D eigenvalue weighted by atomic mass is 10.1. The molecular weight excluding hydrogens is 364 g/mol. The van der Waals surface area contributed by atoms with Gasteiger partial charge in [0.1, 0.15) is 0 Å². The Morgan fingerprint density at radius 3 is 2.50 bits per heavy atom. The van der Waals surface area contributed by atoms with Gasteiger partial charge in [-0.1, -0.05) is 53.3 Å². The SMILES string of the molecule is CC(=O)c1sc(NC(=O)Cc2ccc(Cl)s2)nc1-c1ccccc1. The molecule has 1 amide bonds. The molecule has 4 nitrogen and oxygen atoms in total. The molecule has 0 bridgehead atoms. The summed E-state index contributed by atoms with van der Waals surface area (Å²) < 4.78 is 0.650. The topological polar surface area (TPSA) is 59.1 Å². The van der Waals surface area contributed by atoms with E-state index >= 15 is 0 Å². The van der Waals surface area contributed by atoms with Gasteiger partial charge in [0.25, 0.3) is 0 Å². The van der Waals surface area contributed by atoms with E-state index < -0.39 is 0 Å². The first-order valence-electron chi connectivity index (χ1n) is 7.14. The largest absolute Gasteiger partial charge is 0.302 e. The Hall–Kier alpha value is -2.02. The number of amides is 1. The monoisotopic (exact) mass is 376 g/mol. The average Bonchev–Trinajstić information content (AvgIpc) is 3.14. The van der Waals surface area contributed by atoms with E-state index in [0.717, 1.165) is 10.4 Å². The number of thiazole rings is 1. The second-order valence-electron chi connectivity index (χ2n) is 5.05. The second-order valence-corrected chi connectivity index (χ2v) is 7.85. The third kappa shape index (κ3) is 3.90. The van der Waals surface area contributed by atoms with Gasteiger partial charge in [0.05, 0.1) is 21.3 Å². The number of hydrogen-bond donors (Lipinski definition) is 1. The minimum Gasteiger partial charge on any atom is -0.302 e. The zero-order chi connectivity index (χ0) is 17.1. The number of thiophene rings is 1. The van der Waals surface area contributed by atoms with Crippen molar-refractivity contribution in [2.45, 2.75) is 13.3 Å². The molecule has 7 heteroatoms. The summed E-state index contributed by atoms with van der Waals surface area (Å²) in [6.45, 7) is 1.50. The van der Waals surface area contributed by atoms with Crippen molar-refractivity contribution in [3.8, 4) is 11.3 Å². The van der Waals surface area contributed by atoms with Crippen LogP contribution in [0, 0.1) is 0 Å². The summed E-state index contributed by atoms with van der Waals surface area (Å²) in [5.41, 5.74) is 1.45. The number of nitrogens with zero attached hydrogens (tertiary/aromatic N) is 1. The Bertz CT molecular complexity index is 887. The Morgan fingerprint density at radius 1 is 1.12 bits per heavy atom. The lowest BCUT2D eigenvalue weighted by molar-refractivity contribution is -0.115. The fraction of sp³-hybridized carbons (Fsp3) is 0.118. The first kappa shape index (κ1) is 16.8. The van der Waals surface area contributed by atoms with Crippen LogP contribution in [0.15, 0.2) is 42.5 Å². The van der Waals surface area contributed by atoms with Gasteiger partial charge in [-0.05, 0) is 12.1 Å². The number of anilines is 1. The van der Waals surface area contributed by atoms with E-state index in [2.05, 4.69) is 10.3 Å². The van der Waals surface area contributed by atoms with Crippen LogP contribution < -0.4 is 5.32 Å². The van der Waals surface area contributed by atoms with Crippen molar-refractivity contribution in [1.82, 2.24) is 4.98 Å². The van der Waals surface area contributed by atoms with Gasteiger partial charge >= 0.3 is 0 Å². The van der Waals surface area contributed by atoms with Gasteiger partial charge in [-0.3, -0.25) is 9.59 Å². The lowest BCUT2D eigenvalue weighted by Crippen LogP contribution is -2.13. The van der Waals surface area contributed by atoms with E-state index in [-0.39, 0.29) is 18.1 Å². The number of halogens is 1. The number of benzene rings is 1. The van der Waals surface area contributed by atoms with E-state index in [1.165, 1.54) is 29.6 Å². The highest BCUT2D eigenvalue weighted by atomic mass is 35.5. The molecule has 1 N–H and O–H groups in total. The Kier molecular flexibility index (Phi) is 5.08. The van der Waals surface area contributed by atoms with Crippen LogP contribution in [0.3, 0.4) is 0 Å². The summed E-state index contributed by atoms with van der Waals surface area (Å²) in [6.07, 6.45) is 0.229. The molecule has 0 saturated carbocycles. The Balaban J connectivity index is 1.81. The quantitative estimate of drug-likeness (QED) is 0.643. The molecular formula is C17H13ClN2O2S2. The molecule has 0 aliphatic carbocycles. The number of hydrogen-bond acceptors (Lipinski definition) is 5. The van der Waals surface area contributed by atoms with Crippen LogP contribution in [0.5, 0.6) is 0 Å². The number of nitrogens with one attached hydrogen (secondary N) is 1. The molecule has 24 heavy (non-hydrogen) atoms. The number of carbonyl (C=O) groups is 2. The van der Waals surface area contributed by atoms with Crippen LogP contribution in [0.1, 0.15) is 21.5 Å². The van der Waals surface area contributed by atoms with E-state index in [1.807, 2.05) is 36.4 Å². The average molecular weight is 377 g/mol. The van der Waals surface area contributed by atoms with Gasteiger partial charge in [0.15, 0.2) is 10.9 Å². The van der Waals surface area contributed by atoms with Crippen LogP contribution in [0.25, 0.3) is 11.3 Å². The molecule has 0 radical (unpaired) electrons. The van der Waals surface area contributed by atoms with Gasteiger partial charge in [0.2, 0.25) is 5.91 Å². The van der Waals surface area contributed by atoms with E-state index in [0.29, 0.717) is 20.0 Å². The molecule has 3 aromatic rings. The van der Waals surface area contributed by atoms with Crippen LogP contribution in [-0.2, 0) is 11.2 Å². The lowest BCUT2D eigenvalue weighted by Gasteiger charge is -1.99. The minimum absolute atomic E-state index is 0.0723. The van der Waals surface area contributed by atoms with Crippen molar-refractivity contribution in [1.29, 1.82) is 0 Å². The van der Waals surface area contributed by atoms with E-state index in [9.17, 15) is 9.59 Å². The standard InChI is InChI=1S/C17H13ClN2O2S2/c1-10(21)16-15(11-5-3-2-4-6-11)20-17(24-16)19-14(22)9-12-7-8-13(18)23-12/h2-8H,9H2,1H3,(H,19,20,22). The smallest absolute Gasteiger partial charge is 0.231 e. The van der Waals surface area contributed by atoms with Crippen molar-refractivity contribution in [3.63, 3.8) is 0 Å². The molecule has 1 aromatic carbocycles. The fourth-order valence-corrected chi connectivity index (χ4v) is 4.16. The second kappa shape index (κ2) is 7.25. The van der Waals surface area contributed by atoms with Crippen molar-refractivity contribution < 1.29 is 9.59 Å². The number of aromatic nitrogens is 1. The molecule has 0 aliphatic rings. The molecule has 0 saturated heterocycles. The van der Waals surface area contributed by atoms with Crippen molar-refractivity contribution >= 4 is 51.1 Å². The summed E-state index contributed by atoms with van der Waals surface area (Å²) in [4.78, 5) is 29.9. The van der Waals surface area contributed by atoms with Gasteiger partial charge in [0, 0.05) is 17.4 Å². The van der Waals surface area contributed by atoms with Gasteiger partial charge in [-0.25, -0.2) is 4.98 Å². The highest BCUT2D eigenvalue weighted by molar-refractivity contribution is 7.18. The summed E-state index contributed by atoms with van der Waals surface area (Å²) in [6, 6.07) is 13.0. The maximum absolute atomic E-state index is 12.2. The summed E-state index contributed by atoms with van der Waals surface area (Å²) >= 11 is 8.43. The number of ketones is 1. The predicted molar refractivity (Wildman–Crippen MR) is 99.2 cm³/mol.